The summed E-state index contributed by atoms with van der Waals surface area (Å²) in [6.07, 6.45) is 3.77. The first-order valence-electron chi connectivity index (χ1n) is 7.97. The van der Waals surface area contributed by atoms with Crippen molar-refractivity contribution in [2.24, 2.45) is 0 Å². The highest BCUT2D eigenvalue weighted by Crippen LogP contribution is 2.32. The van der Waals surface area contributed by atoms with Crippen LogP contribution in [0.4, 0.5) is 10.1 Å². The van der Waals surface area contributed by atoms with Crippen LogP contribution in [0.3, 0.4) is 0 Å². The molecule has 3 aromatic rings. The zero-order valence-electron chi connectivity index (χ0n) is 13.0. The van der Waals surface area contributed by atoms with Crippen molar-refractivity contribution in [3.05, 3.63) is 60.2 Å². The van der Waals surface area contributed by atoms with Crippen molar-refractivity contribution in [1.29, 1.82) is 0 Å². The molecule has 2 N–H and O–H groups in total. The van der Waals surface area contributed by atoms with Crippen LogP contribution < -0.4 is 5.32 Å². The number of nitrogens with one attached hydrogen (secondary N) is 2. The van der Waals surface area contributed by atoms with Crippen LogP contribution in [0.1, 0.15) is 24.4 Å². The first kappa shape index (κ1) is 15.1. The molecular formula is C18H17FN4S. The second kappa shape index (κ2) is 6.20. The van der Waals surface area contributed by atoms with Crippen LogP contribution >= 0.6 is 12.2 Å². The summed E-state index contributed by atoms with van der Waals surface area (Å²) in [6.45, 7) is 0.903. The van der Waals surface area contributed by atoms with E-state index in [-0.39, 0.29) is 11.9 Å². The van der Waals surface area contributed by atoms with E-state index in [9.17, 15) is 4.39 Å². The number of rotatable bonds is 2. The van der Waals surface area contributed by atoms with E-state index in [1.165, 1.54) is 12.1 Å². The van der Waals surface area contributed by atoms with Crippen molar-refractivity contribution >= 4 is 34.1 Å². The number of H-pyrrole nitrogens is 1. The summed E-state index contributed by atoms with van der Waals surface area (Å²) in [5.74, 6) is -0.211. The van der Waals surface area contributed by atoms with Gasteiger partial charge >= 0.3 is 0 Å². The lowest BCUT2D eigenvalue weighted by molar-refractivity contribution is 0.406. The molecule has 0 amide bonds. The molecule has 1 fully saturated rings. The lowest BCUT2D eigenvalue weighted by atomic mass is 10.0. The maximum atomic E-state index is 13.2. The van der Waals surface area contributed by atoms with E-state index in [1.807, 2.05) is 30.3 Å². The number of aromatic nitrogens is 2. The second-order valence-electron chi connectivity index (χ2n) is 5.97. The zero-order valence-corrected chi connectivity index (χ0v) is 13.8. The van der Waals surface area contributed by atoms with Gasteiger partial charge in [-0.25, -0.2) is 9.37 Å². The molecule has 0 aliphatic carbocycles. The number of nitrogens with zero attached hydrogens (tertiary/aromatic N) is 2. The molecule has 122 valence electrons. The van der Waals surface area contributed by atoms with E-state index >= 15 is 0 Å². The molecule has 0 spiro atoms. The fourth-order valence-corrected chi connectivity index (χ4v) is 3.59. The maximum Gasteiger partial charge on any atom is 0.173 e. The molecule has 4 rings (SSSR count). The number of fused-ring (bicyclic) bond motifs is 1. The lowest BCUT2D eigenvalue weighted by Crippen LogP contribution is -2.34. The van der Waals surface area contributed by atoms with Gasteiger partial charge in [0.15, 0.2) is 5.11 Å². The Morgan fingerprint density at radius 2 is 2.08 bits per heavy atom. The van der Waals surface area contributed by atoms with E-state index in [2.05, 4.69) is 20.2 Å². The molecule has 24 heavy (non-hydrogen) atoms. The Morgan fingerprint density at radius 1 is 1.25 bits per heavy atom. The van der Waals surface area contributed by atoms with Crippen molar-refractivity contribution in [3.63, 3.8) is 0 Å². The van der Waals surface area contributed by atoms with Crippen LogP contribution in [-0.2, 0) is 0 Å². The molecule has 0 saturated carbocycles. The Hall–Kier alpha value is -2.47. The smallest absolute Gasteiger partial charge is 0.173 e. The highest BCUT2D eigenvalue weighted by Gasteiger charge is 2.28. The Bertz CT molecular complexity index is 874. The average Bonchev–Trinajstić information content (AvgIpc) is 3.24. The third-order valence-corrected chi connectivity index (χ3v) is 4.78. The van der Waals surface area contributed by atoms with E-state index in [0.717, 1.165) is 41.7 Å². The third-order valence-electron chi connectivity index (χ3n) is 4.44. The van der Waals surface area contributed by atoms with E-state index in [4.69, 9.17) is 12.2 Å². The lowest BCUT2D eigenvalue weighted by Gasteiger charge is -2.28. The van der Waals surface area contributed by atoms with Crippen LogP contribution in [0, 0.1) is 5.82 Å². The minimum Gasteiger partial charge on any atom is -0.345 e. The van der Waals surface area contributed by atoms with Gasteiger partial charge < -0.3 is 15.2 Å². The number of hydrogen-bond donors (Lipinski definition) is 2. The summed E-state index contributed by atoms with van der Waals surface area (Å²) in [5, 5.41) is 4.01. The van der Waals surface area contributed by atoms with Crippen LogP contribution in [0.5, 0.6) is 0 Å². The molecule has 1 unspecified atom stereocenters. The average molecular weight is 340 g/mol. The van der Waals surface area contributed by atoms with Crippen molar-refractivity contribution < 1.29 is 4.39 Å². The number of hydrogen-bond acceptors (Lipinski definition) is 2. The van der Waals surface area contributed by atoms with Crippen LogP contribution in [0.15, 0.2) is 48.8 Å². The fourth-order valence-electron chi connectivity index (χ4n) is 3.25. The molecule has 1 atom stereocenters. The Labute approximate surface area is 144 Å². The second-order valence-corrected chi connectivity index (χ2v) is 6.35. The summed E-state index contributed by atoms with van der Waals surface area (Å²) in [7, 11) is 0. The maximum absolute atomic E-state index is 13.2. The molecular weight excluding hydrogens is 323 g/mol. The number of aromatic amines is 1. The van der Waals surface area contributed by atoms with Crippen LogP contribution in [-0.4, -0.2) is 26.5 Å². The monoisotopic (exact) mass is 340 g/mol. The van der Waals surface area contributed by atoms with Gasteiger partial charge in [-0.1, -0.05) is 12.1 Å². The van der Waals surface area contributed by atoms with Gasteiger partial charge in [-0.2, -0.15) is 0 Å². The summed E-state index contributed by atoms with van der Waals surface area (Å²) < 4.78 is 13.2. The molecule has 4 nitrogen and oxygen atoms in total. The highest BCUT2D eigenvalue weighted by molar-refractivity contribution is 7.80. The fraction of sp³-hybridized carbons (Fsp3) is 0.222. The SMILES string of the molecule is Fc1ccc(C2CCCN2C(=S)Nc2ccc3nc[nH]c3c2)cc1. The molecule has 1 aliphatic heterocycles. The normalized spacial score (nSPS) is 17.4. The largest absolute Gasteiger partial charge is 0.345 e. The number of thiocarbonyl (C=S) groups is 1. The molecule has 1 aromatic heterocycles. The zero-order chi connectivity index (χ0) is 16.5. The first-order chi connectivity index (χ1) is 11.7. The summed E-state index contributed by atoms with van der Waals surface area (Å²) >= 11 is 5.62. The standard InChI is InChI=1S/C18H17FN4S/c19-13-5-3-12(4-6-13)17-2-1-9-23(17)18(24)22-14-7-8-15-16(10-14)21-11-20-15/h3-8,10-11,17H,1-2,9H2,(H,20,21)(H,22,24). The summed E-state index contributed by atoms with van der Waals surface area (Å²) in [4.78, 5) is 9.50. The molecule has 1 saturated heterocycles. The number of likely N-dealkylation sites (tertiary alicyclic amines) is 1. The summed E-state index contributed by atoms with van der Waals surface area (Å²) in [5.41, 5.74) is 3.93. The first-order valence-corrected chi connectivity index (χ1v) is 8.38. The molecule has 2 aromatic carbocycles. The Morgan fingerprint density at radius 3 is 2.92 bits per heavy atom. The van der Waals surface area contributed by atoms with Gasteiger partial charge in [-0.3, -0.25) is 0 Å². The minimum atomic E-state index is -0.211. The Balaban J connectivity index is 1.53. The Kier molecular flexibility index (Phi) is 3.90. The molecule has 2 heterocycles. The topological polar surface area (TPSA) is 44.0 Å². The molecule has 6 heteroatoms. The number of benzene rings is 2. The van der Waals surface area contributed by atoms with E-state index in [1.54, 1.807) is 6.33 Å². The predicted molar refractivity (Wildman–Crippen MR) is 97.4 cm³/mol. The van der Waals surface area contributed by atoms with Gasteiger partial charge in [0.05, 0.1) is 23.4 Å². The quantitative estimate of drug-likeness (QED) is 0.685. The van der Waals surface area contributed by atoms with E-state index < -0.39 is 0 Å². The van der Waals surface area contributed by atoms with Crippen molar-refractivity contribution in [1.82, 2.24) is 14.9 Å². The van der Waals surface area contributed by atoms with Gasteiger partial charge in [-0.05, 0) is 61.0 Å². The van der Waals surface area contributed by atoms with Gasteiger partial charge in [0.2, 0.25) is 0 Å². The van der Waals surface area contributed by atoms with Gasteiger partial charge in [0.25, 0.3) is 0 Å². The molecule has 1 aliphatic rings. The molecule has 0 bridgehead atoms. The van der Waals surface area contributed by atoms with Crippen molar-refractivity contribution in [2.45, 2.75) is 18.9 Å². The van der Waals surface area contributed by atoms with Crippen LogP contribution in [0.25, 0.3) is 11.0 Å². The van der Waals surface area contributed by atoms with E-state index in [0.29, 0.717) is 5.11 Å². The van der Waals surface area contributed by atoms with Crippen molar-refractivity contribution in [3.8, 4) is 0 Å². The minimum absolute atomic E-state index is 0.196. The number of halogens is 1. The summed E-state index contributed by atoms with van der Waals surface area (Å²) in [6, 6.07) is 12.8. The van der Waals surface area contributed by atoms with Crippen molar-refractivity contribution in [2.75, 3.05) is 11.9 Å². The predicted octanol–water partition coefficient (Wildman–Crippen LogP) is 4.24. The highest BCUT2D eigenvalue weighted by atomic mass is 32.1. The van der Waals surface area contributed by atoms with Gasteiger partial charge in [0, 0.05) is 12.2 Å². The number of anilines is 1. The van der Waals surface area contributed by atoms with Gasteiger partial charge in [0.1, 0.15) is 5.82 Å². The van der Waals surface area contributed by atoms with Crippen LogP contribution in [0.2, 0.25) is 0 Å². The molecule has 0 radical (unpaired) electrons. The number of imidazole rings is 1. The van der Waals surface area contributed by atoms with Gasteiger partial charge in [-0.15, -0.1) is 0 Å². The third kappa shape index (κ3) is 2.85.